The van der Waals surface area contributed by atoms with Crippen molar-refractivity contribution in [2.45, 2.75) is 38.5 Å². The second kappa shape index (κ2) is 5.69. The molecule has 4 heteroatoms. The van der Waals surface area contributed by atoms with Gasteiger partial charge in [0.25, 0.3) is 0 Å². The van der Waals surface area contributed by atoms with Crippen molar-refractivity contribution in [3.05, 3.63) is 41.3 Å². The zero-order chi connectivity index (χ0) is 14.8. The number of H-pyrrole nitrogens is 1. The molecule has 0 bridgehead atoms. The molecule has 0 atom stereocenters. The average Bonchev–Trinajstić information content (AvgIpc) is 2.90. The van der Waals surface area contributed by atoms with Gasteiger partial charge in [-0.3, -0.25) is 5.10 Å². The summed E-state index contributed by atoms with van der Waals surface area (Å²) < 4.78 is 14.6. The Morgan fingerprint density at radius 1 is 1.19 bits per heavy atom. The van der Waals surface area contributed by atoms with Gasteiger partial charge in [0.05, 0.1) is 17.3 Å². The number of rotatable bonds is 2. The molecule has 108 valence electrons. The molecular weight excluding hydrogens is 265 g/mol. The second-order valence-corrected chi connectivity index (χ2v) is 5.95. The van der Waals surface area contributed by atoms with Gasteiger partial charge in [-0.15, -0.1) is 0 Å². The van der Waals surface area contributed by atoms with E-state index in [-0.39, 0.29) is 11.7 Å². The minimum atomic E-state index is -0.237. The third-order valence-corrected chi connectivity index (χ3v) is 4.44. The minimum Gasteiger partial charge on any atom is -0.279 e. The van der Waals surface area contributed by atoms with Crippen LogP contribution in [0.5, 0.6) is 0 Å². The standard InChI is InChI=1S/C17H18FN3/c1-11-2-6-13(7-3-11)16-15(18)17(21-20-16)14-8-4-12(10-19)5-9-14/h4-5,8-9,11,13H,2-3,6-7H2,1H3,(H,20,21). The molecule has 1 aromatic carbocycles. The molecule has 1 aromatic heterocycles. The molecule has 1 saturated carbocycles. The van der Waals surface area contributed by atoms with E-state index in [2.05, 4.69) is 23.2 Å². The highest BCUT2D eigenvalue weighted by Gasteiger charge is 2.26. The highest BCUT2D eigenvalue weighted by Crippen LogP contribution is 2.37. The Morgan fingerprint density at radius 2 is 1.86 bits per heavy atom. The molecule has 0 spiro atoms. The first-order valence-electron chi connectivity index (χ1n) is 7.43. The summed E-state index contributed by atoms with van der Waals surface area (Å²) >= 11 is 0. The van der Waals surface area contributed by atoms with Gasteiger partial charge in [-0.05, 0) is 30.9 Å². The van der Waals surface area contributed by atoms with Crippen molar-refractivity contribution in [2.75, 3.05) is 0 Å². The SMILES string of the molecule is CC1CCC(c2[nH]nc(-c3ccc(C#N)cc3)c2F)CC1. The van der Waals surface area contributed by atoms with Crippen molar-refractivity contribution >= 4 is 0 Å². The molecule has 21 heavy (non-hydrogen) atoms. The normalized spacial score (nSPS) is 22.0. The van der Waals surface area contributed by atoms with Gasteiger partial charge in [-0.2, -0.15) is 10.4 Å². The van der Waals surface area contributed by atoms with E-state index < -0.39 is 0 Å². The van der Waals surface area contributed by atoms with E-state index in [0.29, 0.717) is 22.5 Å². The third kappa shape index (κ3) is 2.69. The molecule has 1 heterocycles. The van der Waals surface area contributed by atoms with E-state index >= 15 is 0 Å². The Morgan fingerprint density at radius 3 is 2.48 bits per heavy atom. The monoisotopic (exact) mass is 283 g/mol. The summed E-state index contributed by atoms with van der Waals surface area (Å²) in [5.41, 5.74) is 2.27. The lowest BCUT2D eigenvalue weighted by atomic mass is 9.81. The molecule has 3 rings (SSSR count). The number of benzene rings is 1. The number of nitrogens with zero attached hydrogens (tertiary/aromatic N) is 2. The van der Waals surface area contributed by atoms with Crippen molar-refractivity contribution in [3.8, 4) is 17.3 Å². The van der Waals surface area contributed by atoms with E-state index in [1.54, 1.807) is 24.3 Å². The summed E-state index contributed by atoms with van der Waals surface area (Å²) in [6.45, 7) is 2.25. The van der Waals surface area contributed by atoms with E-state index in [1.807, 2.05) is 0 Å². The molecule has 1 N–H and O–H groups in total. The molecule has 0 saturated heterocycles. The van der Waals surface area contributed by atoms with Gasteiger partial charge >= 0.3 is 0 Å². The summed E-state index contributed by atoms with van der Waals surface area (Å²) in [5.74, 6) is 0.755. The molecule has 2 aromatic rings. The Balaban J connectivity index is 1.86. The topological polar surface area (TPSA) is 52.5 Å². The van der Waals surface area contributed by atoms with Crippen LogP contribution < -0.4 is 0 Å². The van der Waals surface area contributed by atoms with Gasteiger partial charge in [-0.1, -0.05) is 31.9 Å². The summed E-state index contributed by atoms with van der Waals surface area (Å²) in [6.07, 6.45) is 4.34. The third-order valence-electron chi connectivity index (χ3n) is 4.44. The lowest BCUT2D eigenvalue weighted by Crippen LogP contribution is -2.12. The first-order valence-corrected chi connectivity index (χ1v) is 7.43. The van der Waals surface area contributed by atoms with Crippen molar-refractivity contribution < 1.29 is 4.39 Å². The van der Waals surface area contributed by atoms with Crippen LogP contribution in [0, 0.1) is 23.1 Å². The maximum Gasteiger partial charge on any atom is 0.172 e. The fourth-order valence-corrected chi connectivity index (χ4v) is 3.06. The lowest BCUT2D eigenvalue weighted by Gasteiger charge is -2.25. The van der Waals surface area contributed by atoms with Crippen LogP contribution in [0.4, 0.5) is 4.39 Å². The number of aromatic amines is 1. The van der Waals surface area contributed by atoms with Crippen LogP contribution >= 0.6 is 0 Å². The molecule has 1 fully saturated rings. The molecule has 0 aliphatic heterocycles. The van der Waals surface area contributed by atoms with Crippen LogP contribution in [0.1, 0.15) is 49.8 Å². The summed E-state index contributed by atoms with van der Waals surface area (Å²) in [6, 6.07) is 8.91. The smallest absolute Gasteiger partial charge is 0.172 e. The van der Waals surface area contributed by atoms with E-state index in [0.717, 1.165) is 31.6 Å². The largest absolute Gasteiger partial charge is 0.279 e. The second-order valence-electron chi connectivity index (χ2n) is 5.95. The average molecular weight is 283 g/mol. The quantitative estimate of drug-likeness (QED) is 0.889. The van der Waals surface area contributed by atoms with E-state index in [1.165, 1.54) is 0 Å². The maximum absolute atomic E-state index is 14.6. The van der Waals surface area contributed by atoms with Gasteiger partial charge in [-0.25, -0.2) is 4.39 Å². The first kappa shape index (κ1) is 13.8. The Kier molecular flexibility index (Phi) is 3.74. The lowest BCUT2D eigenvalue weighted by molar-refractivity contribution is 0.338. The predicted molar refractivity (Wildman–Crippen MR) is 79.1 cm³/mol. The van der Waals surface area contributed by atoms with Gasteiger partial charge in [0.15, 0.2) is 5.82 Å². The number of nitrogens with one attached hydrogen (secondary N) is 1. The van der Waals surface area contributed by atoms with Crippen LogP contribution in [0.25, 0.3) is 11.3 Å². The number of nitriles is 1. The summed E-state index contributed by atoms with van der Waals surface area (Å²) in [5, 5.41) is 15.9. The van der Waals surface area contributed by atoms with Gasteiger partial charge in [0.1, 0.15) is 5.69 Å². The van der Waals surface area contributed by atoms with Crippen molar-refractivity contribution in [1.82, 2.24) is 10.2 Å². The maximum atomic E-state index is 14.6. The molecule has 1 aliphatic rings. The fraction of sp³-hybridized carbons (Fsp3) is 0.412. The zero-order valence-electron chi connectivity index (χ0n) is 12.1. The Labute approximate surface area is 123 Å². The zero-order valence-corrected chi connectivity index (χ0v) is 12.1. The predicted octanol–water partition coefficient (Wildman–Crippen LogP) is 4.38. The first-order chi connectivity index (χ1) is 10.2. The van der Waals surface area contributed by atoms with E-state index in [9.17, 15) is 4.39 Å². The number of hydrogen-bond acceptors (Lipinski definition) is 2. The van der Waals surface area contributed by atoms with Gasteiger partial charge < -0.3 is 0 Å². The minimum absolute atomic E-state index is 0.237. The van der Waals surface area contributed by atoms with Gasteiger partial charge in [0.2, 0.25) is 0 Å². The molecule has 0 amide bonds. The highest BCUT2D eigenvalue weighted by molar-refractivity contribution is 5.61. The van der Waals surface area contributed by atoms with Crippen molar-refractivity contribution in [2.24, 2.45) is 5.92 Å². The molecular formula is C17H18FN3. The fourth-order valence-electron chi connectivity index (χ4n) is 3.06. The summed E-state index contributed by atoms with van der Waals surface area (Å²) in [7, 11) is 0. The van der Waals surface area contributed by atoms with Gasteiger partial charge in [0, 0.05) is 11.5 Å². The van der Waals surface area contributed by atoms with Crippen LogP contribution in [0.3, 0.4) is 0 Å². The summed E-state index contributed by atoms with van der Waals surface area (Å²) in [4.78, 5) is 0. The van der Waals surface area contributed by atoms with Crippen LogP contribution in [0.2, 0.25) is 0 Å². The molecule has 0 unspecified atom stereocenters. The van der Waals surface area contributed by atoms with E-state index in [4.69, 9.17) is 5.26 Å². The molecule has 0 radical (unpaired) electrons. The Hall–Kier alpha value is -2.15. The number of aromatic nitrogens is 2. The molecule has 1 aliphatic carbocycles. The number of hydrogen-bond donors (Lipinski definition) is 1. The Bertz CT molecular complexity index is 658. The van der Waals surface area contributed by atoms with Crippen molar-refractivity contribution in [1.29, 1.82) is 5.26 Å². The molecule has 3 nitrogen and oxygen atoms in total. The van der Waals surface area contributed by atoms with Crippen molar-refractivity contribution in [3.63, 3.8) is 0 Å². The van der Waals surface area contributed by atoms with Crippen LogP contribution in [-0.4, -0.2) is 10.2 Å². The number of halogens is 1. The highest BCUT2D eigenvalue weighted by atomic mass is 19.1. The van der Waals surface area contributed by atoms with Crippen LogP contribution in [-0.2, 0) is 0 Å². The van der Waals surface area contributed by atoms with Crippen LogP contribution in [0.15, 0.2) is 24.3 Å².